The molecule has 0 rings (SSSR count). The summed E-state index contributed by atoms with van der Waals surface area (Å²) in [5, 5.41) is 48.4. The Morgan fingerprint density at radius 1 is 0.762 bits per heavy atom. The summed E-state index contributed by atoms with van der Waals surface area (Å²) < 4.78 is 0. The lowest BCUT2D eigenvalue weighted by Gasteiger charge is -2.16. The van der Waals surface area contributed by atoms with Gasteiger partial charge in [0.15, 0.2) is 0 Å². The van der Waals surface area contributed by atoms with Crippen molar-refractivity contribution in [3.05, 3.63) is 0 Å². The molecule has 0 heterocycles. The van der Waals surface area contributed by atoms with E-state index in [0.717, 1.165) is 0 Å². The topological polar surface area (TPSA) is 156 Å². The molecule has 128 valence electrons. The van der Waals surface area contributed by atoms with Crippen LogP contribution in [-0.4, -0.2) is 69.0 Å². The van der Waals surface area contributed by atoms with Crippen molar-refractivity contribution in [2.24, 2.45) is 5.41 Å². The molecule has 0 aliphatic carbocycles. The molecule has 0 saturated heterocycles. The van der Waals surface area contributed by atoms with Crippen LogP contribution in [0.2, 0.25) is 0 Å². The van der Waals surface area contributed by atoms with E-state index in [9.17, 15) is 9.59 Å². The van der Waals surface area contributed by atoms with Crippen molar-refractivity contribution in [1.82, 2.24) is 0 Å². The maximum absolute atomic E-state index is 9.90. The first-order valence-electron chi connectivity index (χ1n) is 6.53. The Balaban J connectivity index is -0.000000256. The van der Waals surface area contributed by atoms with Gasteiger partial charge in [-0.25, -0.2) is 0 Å². The van der Waals surface area contributed by atoms with Gasteiger partial charge in [0.05, 0.1) is 26.4 Å². The fraction of sp³-hybridized carbons (Fsp3) is 0.846. The van der Waals surface area contributed by atoms with Crippen LogP contribution >= 0.6 is 0 Å². The smallest absolute Gasteiger partial charge is 0.303 e. The molecule has 0 aliphatic heterocycles. The van der Waals surface area contributed by atoms with Gasteiger partial charge in [-0.15, -0.1) is 0 Å². The Morgan fingerprint density at radius 2 is 1.05 bits per heavy atom. The first kappa shape index (κ1) is 24.8. The molecule has 8 nitrogen and oxygen atoms in total. The van der Waals surface area contributed by atoms with E-state index in [4.69, 9.17) is 30.6 Å². The van der Waals surface area contributed by atoms with Crippen LogP contribution in [0.25, 0.3) is 0 Å². The Kier molecular flexibility index (Phi) is 19.9. The Bertz CT molecular complexity index is 229. The van der Waals surface area contributed by atoms with Crippen molar-refractivity contribution in [2.45, 2.75) is 39.5 Å². The molecule has 0 spiro atoms. The first-order chi connectivity index (χ1) is 9.66. The molecule has 0 aromatic carbocycles. The third kappa shape index (κ3) is 32.4. The third-order valence-corrected chi connectivity index (χ3v) is 1.99. The number of rotatable bonds is 8. The first-order valence-corrected chi connectivity index (χ1v) is 6.53. The molecule has 0 fully saturated rings. The minimum atomic E-state index is -0.870. The summed E-state index contributed by atoms with van der Waals surface area (Å²) in [7, 11) is 0. The second-order valence-corrected chi connectivity index (χ2v) is 4.92. The van der Waals surface area contributed by atoms with Gasteiger partial charge in [-0.1, -0.05) is 13.8 Å². The zero-order chi connectivity index (χ0) is 17.3. The zero-order valence-corrected chi connectivity index (χ0v) is 12.7. The highest BCUT2D eigenvalue weighted by Crippen LogP contribution is 2.10. The van der Waals surface area contributed by atoms with Crippen molar-refractivity contribution < 1.29 is 40.2 Å². The lowest BCUT2D eigenvalue weighted by Crippen LogP contribution is -2.20. The van der Waals surface area contributed by atoms with Crippen LogP contribution in [0.1, 0.15) is 39.5 Å². The molecule has 6 N–H and O–H groups in total. The quantitative estimate of drug-likeness (QED) is 0.333. The van der Waals surface area contributed by atoms with Gasteiger partial charge in [0.25, 0.3) is 0 Å². The maximum Gasteiger partial charge on any atom is 0.303 e. The fourth-order valence-corrected chi connectivity index (χ4v) is 0.602. The third-order valence-electron chi connectivity index (χ3n) is 1.99. The van der Waals surface area contributed by atoms with Gasteiger partial charge in [0, 0.05) is 18.3 Å². The van der Waals surface area contributed by atoms with Crippen molar-refractivity contribution in [3.63, 3.8) is 0 Å². The lowest BCUT2D eigenvalue weighted by molar-refractivity contribution is -0.139. The fourth-order valence-electron chi connectivity index (χ4n) is 0.602. The molecular weight excluding hydrogens is 284 g/mol. The number of hydrogen-bond acceptors (Lipinski definition) is 6. The molecule has 0 amide bonds. The van der Waals surface area contributed by atoms with Crippen molar-refractivity contribution in [3.8, 4) is 0 Å². The van der Waals surface area contributed by atoms with Crippen LogP contribution < -0.4 is 0 Å². The molecule has 0 aromatic rings. The van der Waals surface area contributed by atoms with Crippen LogP contribution in [-0.2, 0) is 9.59 Å². The Hall–Kier alpha value is -1.22. The van der Waals surface area contributed by atoms with Gasteiger partial charge in [-0.2, -0.15) is 0 Å². The zero-order valence-electron chi connectivity index (χ0n) is 12.7. The Morgan fingerprint density at radius 3 is 1.14 bits per heavy atom. The molecular formula is C13H28O8. The van der Waals surface area contributed by atoms with Crippen LogP contribution in [0.15, 0.2) is 0 Å². The van der Waals surface area contributed by atoms with Gasteiger partial charge in [0.1, 0.15) is 0 Å². The summed E-state index contributed by atoms with van der Waals surface area (Å²) in [6, 6.07) is 0. The minimum Gasteiger partial charge on any atom is -0.481 e. The summed E-state index contributed by atoms with van der Waals surface area (Å²) in [5.74, 6) is -1.74. The largest absolute Gasteiger partial charge is 0.481 e. The molecule has 0 bridgehead atoms. The number of carboxylic acid groups (broad SMARTS) is 2. The summed E-state index contributed by atoms with van der Waals surface area (Å²) in [5.41, 5.74) is -0.306. The molecule has 0 aromatic heterocycles. The number of carbonyl (C=O) groups is 2. The summed E-state index contributed by atoms with van der Waals surface area (Å²) >= 11 is 0. The number of hydrogen-bond donors (Lipinski definition) is 6. The summed E-state index contributed by atoms with van der Waals surface area (Å²) in [6.45, 7) is 3.44. The van der Waals surface area contributed by atoms with Crippen LogP contribution in [0.5, 0.6) is 0 Å². The van der Waals surface area contributed by atoms with Crippen molar-refractivity contribution >= 4 is 11.9 Å². The van der Waals surface area contributed by atoms with E-state index >= 15 is 0 Å². The lowest BCUT2D eigenvalue weighted by atomic mass is 9.97. The van der Waals surface area contributed by atoms with Gasteiger partial charge < -0.3 is 30.6 Å². The molecule has 0 aliphatic rings. The SMILES string of the molecule is CC(C)(CO)CO.O=C(O)CCCCC(=O)O.OCCO. The van der Waals surface area contributed by atoms with Crippen molar-refractivity contribution in [1.29, 1.82) is 0 Å². The van der Waals surface area contributed by atoms with E-state index in [1.54, 1.807) is 13.8 Å². The maximum atomic E-state index is 9.90. The monoisotopic (exact) mass is 312 g/mol. The molecule has 0 radical (unpaired) electrons. The van der Waals surface area contributed by atoms with Crippen LogP contribution in [0, 0.1) is 5.41 Å². The van der Waals surface area contributed by atoms with Crippen LogP contribution in [0.4, 0.5) is 0 Å². The standard InChI is InChI=1S/C6H10O4.C5H12O2.C2H6O2/c7-5(8)3-1-2-4-6(9)10;1-5(2,3-6)4-7;3-1-2-4/h1-4H2,(H,7,8)(H,9,10);6-7H,3-4H2,1-2H3;3-4H,1-2H2. The van der Waals surface area contributed by atoms with E-state index in [1.165, 1.54) is 0 Å². The normalized spacial score (nSPS) is 9.81. The summed E-state index contributed by atoms with van der Waals surface area (Å²) in [6.07, 6.45) is 1.02. The van der Waals surface area contributed by atoms with Gasteiger partial charge in [-0.05, 0) is 12.8 Å². The molecule has 0 unspecified atom stereocenters. The average Bonchev–Trinajstić information content (AvgIpc) is 2.44. The summed E-state index contributed by atoms with van der Waals surface area (Å²) in [4.78, 5) is 19.8. The van der Waals surface area contributed by atoms with E-state index in [-0.39, 0.29) is 44.7 Å². The highest BCUT2D eigenvalue weighted by atomic mass is 16.4. The second-order valence-electron chi connectivity index (χ2n) is 4.92. The minimum absolute atomic E-state index is 0.0451. The Labute approximate surface area is 124 Å². The molecule has 21 heavy (non-hydrogen) atoms. The van der Waals surface area contributed by atoms with E-state index in [2.05, 4.69) is 0 Å². The number of unbranched alkanes of at least 4 members (excludes halogenated alkanes) is 1. The van der Waals surface area contributed by atoms with E-state index < -0.39 is 11.9 Å². The predicted octanol–water partition coefficient (Wildman–Crippen LogP) is -0.316. The van der Waals surface area contributed by atoms with Gasteiger partial charge in [0.2, 0.25) is 0 Å². The highest BCUT2D eigenvalue weighted by molar-refractivity contribution is 5.67. The predicted molar refractivity (Wildman–Crippen MR) is 75.9 cm³/mol. The van der Waals surface area contributed by atoms with Crippen LogP contribution in [0.3, 0.4) is 0 Å². The van der Waals surface area contributed by atoms with E-state index in [0.29, 0.717) is 12.8 Å². The molecule has 0 atom stereocenters. The van der Waals surface area contributed by atoms with Gasteiger partial charge >= 0.3 is 11.9 Å². The van der Waals surface area contributed by atoms with Crippen molar-refractivity contribution in [2.75, 3.05) is 26.4 Å². The van der Waals surface area contributed by atoms with E-state index in [1.807, 2.05) is 0 Å². The second kappa shape index (κ2) is 16.8. The average molecular weight is 312 g/mol. The van der Waals surface area contributed by atoms with Gasteiger partial charge in [-0.3, -0.25) is 9.59 Å². The number of aliphatic hydroxyl groups excluding tert-OH is 4. The number of carboxylic acids is 2. The highest BCUT2D eigenvalue weighted by Gasteiger charge is 2.13. The number of aliphatic hydroxyl groups is 4. The molecule has 8 heteroatoms. The molecule has 0 saturated carbocycles. The number of aliphatic carboxylic acids is 2.